The second kappa shape index (κ2) is 7.96. The summed E-state index contributed by atoms with van der Waals surface area (Å²) in [5, 5.41) is 0.760. The highest BCUT2D eigenvalue weighted by molar-refractivity contribution is 6.30. The Labute approximate surface area is 161 Å². The second-order valence-corrected chi connectivity index (χ2v) is 7.88. The van der Waals surface area contributed by atoms with Gasteiger partial charge in [-0.05, 0) is 48.9 Å². The number of rotatable bonds is 6. The van der Waals surface area contributed by atoms with Crippen molar-refractivity contribution in [1.82, 2.24) is 4.90 Å². The van der Waals surface area contributed by atoms with E-state index in [1.165, 1.54) is 24.0 Å². The maximum Gasteiger partial charge on any atom is 0.108 e. The van der Waals surface area contributed by atoms with Gasteiger partial charge in [0.15, 0.2) is 0 Å². The molecule has 2 fully saturated rings. The van der Waals surface area contributed by atoms with Gasteiger partial charge in [-0.1, -0.05) is 60.1 Å². The molecule has 2 aromatic carbocycles. The minimum absolute atomic E-state index is 0.0381. The molecule has 0 N–H and O–H groups in total. The molecule has 0 spiro atoms. The third-order valence-corrected chi connectivity index (χ3v) is 6.04. The fraction of sp³-hybridized carbons (Fsp3) is 0.391. The lowest BCUT2D eigenvalue weighted by atomic mass is 9.97. The lowest BCUT2D eigenvalue weighted by Gasteiger charge is -2.39. The maximum atomic E-state index is 6.72. The summed E-state index contributed by atoms with van der Waals surface area (Å²) in [5.74, 6) is 0. The topological polar surface area (TPSA) is 12.5 Å². The predicted octanol–water partition coefficient (Wildman–Crippen LogP) is 5.63. The molecule has 4 rings (SSSR count). The highest BCUT2D eigenvalue weighted by Gasteiger charge is 2.41. The van der Waals surface area contributed by atoms with Crippen LogP contribution in [0, 0.1) is 0 Å². The van der Waals surface area contributed by atoms with Crippen molar-refractivity contribution in [3.63, 3.8) is 0 Å². The molecule has 26 heavy (non-hydrogen) atoms. The first-order valence-corrected chi connectivity index (χ1v) is 9.95. The summed E-state index contributed by atoms with van der Waals surface area (Å²) < 4.78 is 6.72. The summed E-state index contributed by atoms with van der Waals surface area (Å²) in [5.41, 5.74) is 2.37. The maximum absolute atomic E-state index is 6.72. The second-order valence-electron chi connectivity index (χ2n) is 7.44. The van der Waals surface area contributed by atoms with Crippen LogP contribution in [0.4, 0.5) is 0 Å². The van der Waals surface area contributed by atoms with Gasteiger partial charge in [0.2, 0.25) is 0 Å². The van der Waals surface area contributed by atoms with Crippen LogP contribution < -0.4 is 0 Å². The number of hydrogen-bond acceptors (Lipinski definition) is 2. The average Bonchev–Trinajstić information content (AvgIpc) is 2.90. The van der Waals surface area contributed by atoms with E-state index in [1.54, 1.807) is 0 Å². The molecular weight excluding hydrogens is 342 g/mol. The largest absolute Gasteiger partial charge is 0.365 e. The van der Waals surface area contributed by atoms with Crippen LogP contribution in [-0.4, -0.2) is 29.6 Å². The molecule has 0 radical (unpaired) electrons. The zero-order valence-corrected chi connectivity index (χ0v) is 15.8. The number of nitrogens with zero attached hydrogens (tertiary/aromatic N) is 1. The van der Waals surface area contributed by atoms with E-state index in [-0.39, 0.29) is 6.10 Å². The van der Waals surface area contributed by atoms with E-state index in [1.807, 2.05) is 18.2 Å². The molecule has 4 atom stereocenters. The SMILES string of the molecule is C=CCN1[C@@H]2CC[C@H]1CC(OC(c1ccccc1)c1ccc(Cl)cc1)C2. The molecule has 2 bridgehead atoms. The Balaban J connectivity index is 1.54. The average molecular weight is 368 g/mol. The molecule has 2 aliphatic rings. The van der Waals surface area contributed by atoms with Gasteiger partial charge in [-0.15, -0.1) is 6.58 Å². The number of benzene rings is 2. The first-order valence-electron chi connectivity index (χ1n) is 9.57. The Hall–Kier alpha value is -1.61. The summed E-state index contributed by atoms with van der Waals surface area (Å²) >= 11 is 6.09. The zero-order chi connectivity index (χ0) is 17.9. The molecule has 2 heterocycles. The fourth-order valence-electron chi connectivity index (χ4n) is 4.59. The smallest absolute Gasteiger partial charge is 0.108 e. The predicted molar refractivity (Wildman–Crippen MR) is 108 cm³/mol. The Morgan fingerprint density at radius 2 is 1.62 bits per heavy atom. The Kier molecular flexibility index (Phi) is 5.44. The molecule has 3 heteroatoms. The van der Waals surface area contributed by atoms with E-state index < -0.39 is 0 Å². The minimum Gasteiger partial charge on any atom is -0.365 e. The van der Waals surface area contributed by atoms with Crippen molar-refractivity contribution in [2.45, 2.75) is 50.0 Å². The number of halogens is 1. The van der Waals surface area contributed by atoms with Gasteiger partial charge >= 0.3 is 0 Å². The zero-order valence-electron chi connectivity index (χ0n) is 15.1. The van der Waals surface area contributed by atoms with Crippen molar-refractivity contribution < 1.29 is 4.74 Å². The van der Waals surface area contributed by atoms with Crippen LogP contribution in [0.15, 0.2) is 67.3 Å². The monoisotopic (exact) mass is 367 g/mol. The molecule has 0 aliphatic carbocycles. The molecule has 0 amide bonds. The summed E-state index contributed by atoms with van der Waals surface area (Å²) in [6.07, 6.45) is 7.10. The summed E-state index contributed by atoms with van der Waals surface area (Å²) in [4.78, 5) is 2.62. The van der Waals surface area contributed by atoms with Crippen molar-refractivity contribution in [2.75, 3.05) is 6.54 Å². The first kappa shape index (κ1) is 17.8. The number of piperidine rings is 1. The molecule has 2 unspecified atom stereocenters. The van der Waals surface area contributed by atoms with E-state index >= 15 is 0 Å². The van der Waals surface area contributed by atoms with E-state index in [9.17, 15) is 0 Å². The summed E-state index contributed by atoms with van der Waals surface area (Å²) in [6, 6.07) is 19.9. The van der Waals surface area contributed by atoms with Crippen LogP contribution in [0.1, 0.15) is 42.9 Å². The number of fused-ring (bicyclic) bond motifs is 2. The standard InChI is InChI=1S/C23H26ClNO/c1-2-14-25-20-12-13-21(25)16-22(15-20)26-23(17-6-4-3-5-7-17)18-8-10-19(24)11-9-18/h2-11,20-23H,1,12-16H2/t20-,21+,22?,23?. The molecule has 0 aromatic heterocycles. The van der Waals surface area contributed by atoms with Gasteiger partial charge in [0.05, 0.1) is 6.10 Å². The van der Waals surface area contributed by atoms with E-state index in [0.29, 0.717) is 18.2 Å². The Morgan fingerprint density at radius 1 is 1.00 bits per heavy atom. The molecule has 2 aliphatic heterocycles. The number of ether oxygens (including phenoxy) is 1. The van der Waals surface area contributed by atoms with E-state index in [2.05, 4.69) is 53.9 Å². The van der Waals surface area contributed by atoms with Crippen LogP contribution >= 0.6 is 11.6 Å². The van der Waals surface area contributed by atoms with Gasteiger partial charge < -0.3 is 4.74 Å². The molecule has 0 saturated carbocycles. The van der Waals surface area contributed by atoms with Crippen LogP contribution in [-0.2, 0) is 4.74 Å². The summed E-state index contributed by atoms with van der Waals surface area (Å²) in [6.45, 7) is 4.92. The van der Waals surface area contributed by atoms with Gasteiger partial charge in [-0.3, -0.25) is 4.90 Å². The summed E-state index contributed by atoms with van der Waals surface area (Å²) in [7, 11) is 0. The van der Waals surface area contributed by atoms with Gasteiger partial charge in [0.25, 0.3) is 0 Å². The molecule has 136 valence electrons. The molecule has 2 nitrogen and oxygen atoms in total. The third kappa shape index (κ3) is 3.73. The van der Waals surface area contributed by atoms with E-state index in [0.717, 1.165) is 24.4 Å². The minimum atomic E-state index is -0.0381. The quantitative estimate of drug-likeness (QED) is 0.613. The highest BCUT2D eigenvalue weighted by atomic mass is 35.5. The molecule has 2 saturated heterocycles. The fourth-order valence-corrected chi connectivity index (χ4v) is 4.72. The highest BCUT2D eigenvalue weighted by Crippen LogP contribution is 2.39. The normalized spacial score (nSPS) is 26.6. The van der Waals surface area contributed by atoms with Gasteiger partial charge in [-0.2, -0.15) is 0 Å². The van der Waals surface area contributed by atoms with Crippen LogP contribution in [0.3, 0.4) is 0 Å². The van der Waals surface area contributed by atoms with Gasteiger partial charge in [0, 0.05) is 23.7 Å². The van der Waals surface area contributed by atoms with Crippen LogP contribution in [0.25, 0.3) is 0 Å². The van der Waals surface area contributed by atoms with Crippen molar-refractivity contribution in [1.29, 1.82) is 0 Å². The molecular formula is C23H26ClNO. The third-order valence-electron chi connectivity index (χ3n) is 5.78. The Morgan fingerprint density at radius 3 is 2.23 bits per heavy atom. The van der Waals surface area contributed by atoms with E-state index in [4.69, 9.17) is 16.3 Å². The lowest BCUT2D eigenvalue weighted by Crippen LogP contribution is -2.45. The van der Waals surface area contributed by atoms with Crippen LogP contribution in [0.5, 0.6) is 0 Å². The first-order chi connectivity index (χ1) is 12.7. The lowest BCUT2D eigenvalue weighted by molar-refractivity contribution is -0.0457. The van der Waals surface area contributed by atoms with Crippen molar-refractivity contribution in [3.05, 3.63) is 83.4 Å². The van der Waals surface area contributed by atoms with Crippen molar-refractivity contribution in [2.24, 2.45) is 0 Å². The van der Waals surface area contributed by atoms with Crippen molar-refractivity contribution in [3.8, 4) is 0 Å². The Bertz CT molecular complexity index is 716. The van der Waals surface area contributed by atoms with Gasteiger partial charge in [0.1, 0.15) is 6.10 Å². The van der Waals surface area contributed by atoms with Gasteiger partial charge in [-0.25, -0.2) is 0 Å². The van der Waals surface area contributed by atoms with Crippen LogP contribution in [0.2, 0.25) is 5.02 Å². The molecule has 2 aromatic rings. The number of hydrogen-bond donors (Lipinski definition) is 0. The van der Waals surface area contributed by atoms with Crippen molar-refractivity contribution >= 4 is 11.6 Å².